The van der Waals surface area contributed by atoms with Crippen molar-refractivity contribution in [2.75, 3.05) is 18.5 Å². The summed E-state index contributed by atoms with van der Waals surface area (Å²) in [5, 5.41) is 4.08. The first kappa shape index (κ1) is 14.7. The highest BCUT2D eigenvalue weighted by Crippen LogP contribution is 2.20. The summed E-state index contributed by atoms with van der Waals surface area (Å²) < 4.78 is 5.70. The summed E-state index contributed by atoms with van der Waals surface area (Å²) >= 11 is 5.98. The summed E-state index contributed by atoms with van der Waals surface area (Å²) in [7, 11) is 0. The molecule has 0 heterocycles. The summed E-state index contributed by atoms with van der Waals surface area (Å²) in [6.07, 6.45) is 1.05. The van der Waals surface area contributed by atoms with Crippen LogP contribution >= 0.6 is 11.6 Å². The molecule has 0 amide bonds. The molecule has 0 aliphatic rings. The second kappa shape index (κ2) is 7.20. The van der Waals surface area contributed by atoms with Crippen LogP contribution in [0.3, 0.4) is 0 Å². The van der Waals surface area contributed by atoms with Crippen molar-refractivity contribution in [3.63, 3.8) is 0 Å². The molecule has 0 saturated carbocycles. The van der Waals surface area contributed by atoms with Crippen LogP contribution in [-0.4, -0.2) is 13.2 Å². The standard InChI is InChI=1S/C17H20ClNO/c1-3-14-5-8-16(9-6-14)20-11-10-19-17-12-15(18)7-4-13(17)2/h4-9,12,19H,3,10-11H2,1-2H3. The van der Waals surface area contributed by atoms with Crippen molar-refractivity contribution in [3.05, 3.63) is 58.6 Å². The zero-order valence-electron chi connectivity index (χ0n) is 11.9. The maximum Gasteiger partial charge on any atom is 0.119 e. The van der Waals surface area contributed by atoms with Crippen LogP contribution in [0.1, 0.15) is 18.1 Å². The minimum Gasteiger partial charge on any atom is -0.492 e. The number of aryl methyl sites for hydroxylation is 2. The maximum absolute atomic E-state index is 5.98. The normalized spacial score (nSPS) is 10.3. The van der Waals surface area contributed by atoms with Crippen LogP contribution in [0.4, 0.5) is 5.69 Å². The van der Waals surface area contributed by atoms with Crippen molar-refractivity contribution in [1.82, 2.24) is 0 Å². The zero-order chi connectivity index (χ0) is 14.4. The highest BCUT2D eigenvalue weighted by molar-refractivity contribution is 6.30. The second-order valence-electron chi connectivity index (χ2n) is 4.73. The van der Waals surface area contributed by atoms with Gasteiger partial charge in [-0.05, 0) is 48.7 Å². The molecule has 0 unspecified atom stereocenters. The van der Waals surface area contributed by atoms with E-state index in [0.29, 0.717) is 6.61 Å². The lowest BCUT2D eigenvalue weighted by Gasteiger charge is -2.11. The molecule has 0 bridgehead atoms. The number of ether oxygens (including phenoxy) is 1. The van der Waals surface area contributed by atoms with Gasteiger partial charge in [0.1, 0.15) is 12.4 Å². The molecule has 2 aromatic carbocycles. The molecule has 2 rings (SSSR count). The summed E-state index contributed by atoms with van der Waals surface area (Å²) in [4.78, 5) is 0. The van der Waals surface area contributed by atoms with Gasteiger partial charge in [0, 0.05) is 17.3 Å². The molecule has 1 N–H and O–H groups in total. The third kappa shape index (κ3) is 4.17. The predicted molar refractivity (Wildman–Crippen MR) is 86.0 cm³/mol. The second-order valence-corrected chi connectivity index (χ2v) is 5.17. The number of hydrogen-bond donors (Lipinski definition) is 1. The van der Waals surface area contributed by atoms with Crippen molar-refractivity contribution in [2.45, 2.75) is 20.3 Å². The molecule has 0 saturated heterocycles. The van der Waals surface area contributed by atoms with Gasteiger partial charge in [-0.15, -0.1) is 0 Å². The molecule has 0 spiro atoms. The van der Waals surface area contributed by atoms with E-state index in [2.05, 4.69) is 31.3 Å². The molecule has 0 aliphatic heterocycles. The Kier molecular flexibility index (Phi) is 5.31. The summed E-state index contributed by atoms with van der Waals surface area (Å²) in [5.41, 5.74) is 3.56. The van der Waals surface area contributed by atoms with Crippen LogP contribution in [0.15, 0.2) is 42.5 Å². The number of benzene rings is 2. The lowest BCUT2D eigenvalue weighted by molar-refractivity contribution is 0.333. The van der Waals surface area contributed by atoms with Crippen LogP contribution in [0.2, 0.25) is 5.02 Å². The average molecular weight is 290 g/mol. The Labute approximate surface area is 125 Å². The zero-order valence-corrected chi connectivity index (χ0v) is 12.7. The van der Waals surface area contributed by atoms with Gasteiger partial charge in [0.25, 0.3) is 0 Å². The molecule has 20 heavy (non-hydrogen) atoms. The van der Waals surface area contributed by atoms with E-state index in [1.807, 2.05) is 30.3 Å². The quantitative estimate of drug-likeness (QED) is 0.778. The highest BCUT2D eigenvalue weighted by atomic mass is 35.5. The maximum atomic E-state index is 5.98. The van der Waals surface area contributed by atoms with Crippen molar-refractivity contribution < 1.29 is 4.74 Å². The third-order valence-corrected chi connectivity index (χ3v) is 3.45. The first-order valence-corrected chi connectivity index (χ1v) is 7.28. The summed E-state index contributed by atoms with van der Waals surface area (Å²) in [6.45, 7) is 5.57. The SMILES string of the molecule is CCc1ccc(OCCNc2cc(Cl)ccc2C)cc1. The number of halogens is 1. The lowest BCUT2D eigenvalue weighted by Crippen LogP contribution is -2.12. The number of rotatable bonds is 6. The first-order chi connectivity index (χ1) is 9.69. The molecule has 0 fully saturated rings. The van der Waals surface area contributed by atoms with Crippen LogP contribution in [0.25, 0.3) is 0 Å². The molecule has 0 aliphatic carbocycles. The van der Waals surface area contributed by atoms with Gasteiger partial charge in [0.2, 0.25) is 0 Å². The van der Waals surface area contributed by atoms with Gasteiger partial charge in [-0.25, -0.2) is 0 Å². The number of hydrogen-bond acceptors (Lipinski definition) is 2. The van der Waals surface area contributed by atoms with Crippen molar-refractivity contribution in [3.8, 4) is 5.75 Å². The van der Waals surface area contributed by atoms with Crippen molar-refractivity contribution in [1.29, 1.82) is 0 Å². The van der Waals surface area contributed by atoms with Crippen molar-refractivity contribution >= 4 is 17.3 Å². The molecule has 0 atom stereocenters. The molecular weight excluding hydrogens is 270 g/mol. The average Bonchev–Trinajstić information content (AvgIpc) is 2.47. The van der Waals surface area contributed by atoms with Gasteiger partial charge in [0.05, 0.1) is 0 Å². The lowest BCUT2D eigenvalue weighted by atomic mass is 10.2. The van der Waals surface area contributed by atoms with E-state index in [0.717, 1.165) is 29.4 Å². The van der Waals surface area contributed by atoms with E-state index in [1.54, 1.807) is 0 Å². The molecule has 0 aromatic heterocycles. The summed E-state index contributed by atoms with van der Waals surface area (Å²) in [5.74, 6) is 0.909. The van der Waals surface area contributed by atoms with Crippen LogP contribution in [0, 0.1) is 6.92 Å². The number of nitrogens with one attached hydrogen (secondary N) is 1. The predicted octanol–water partition coefficient (Wildman–Crippen LogP) is 4.70. The van der Waals surface area contributed by atoms with Crippen molar-refractivity contribution in [2.24, 2.45) is 0 Å². The molecule has 3 heteroatoms. The Balaban J connectivity index is 1.79. The Morgan fingerprint density at radius 1 is 1.10 bits per heavy atom. The molecule has 106 valence electrons. The van der Waals surface area contributed by atoms with Gasteiger partial charge in [-0.3, -0.25) is 0 Å². The third-order valence-electron chi connectivity index (χ3n) is 3.22. The van der Waals surface area contributed by atoms with Gasteiger partial charge in [0.15, 0.2) is 0 Å². The fourth-order valence-electron chi connectivity index (χ4n) is 1.96. The van der Waals surface area contributed by atoms with Crippen LogP contribution < -0.4 is 10.1 Å². The molecule has 2 aromatic rings. The first-order valence-electron chi connectivity index (χ1n) is 6.91. The van der Waals surface area contributed by atoms with Crippen LogP contribution in [0.5, 0.6) is 5.75 Å². The Morgan fingerprint density at radius 2 is 1.85 bits per heavy atom. The fourth-order valence-corrected chi connectivity index (χ4v) is 2.13. The van der Waals surface area contributed by atoms with E-state index >= 15 is 0 Å². The van der Waals surface area contributed by atoms with E-state index < -0.39 is 0 Å². The fraction of sp³-hybridized carbons (Fsp3) is 0.294. The van der Waals surface area contributed by atoms with Gasteiger partial charge in [-0.1, -0.05) is 36.7 Å². The van der Waals surface area contributed by atoms with Gasteiger partial charge in [-0.2, -0.15) is 0 Å². The smallest absolute Gasteiger partial charge is 0.119 e. The van der Waals surface area contributed by atoms with Gasteiger partial charge < -0.3 is 10.1 Å². The number of anilines is 1. The van der Waals surface area contributed by atoms with E-state index in [9.17, 15) is 0 Å². The van der Waals surface area contributed by atoms with E-state index in [1.165, 1.54) is 11.1 Å². The Bertz CT molecular complexity index is 551. The van der Waals surface area contributed by atoms with E-state index in [4.69, 9.17) is 16.3 Å². The monoisotopic (exact) mass is 289 g/mol. The minimum atomic E-state index is 0.622. The van der Waals surface area contributed by atoms with Crippen LogP contribution in [-0.2, 0) is 6.42 Å². The largest absolute Gasteiger partial charge is 0.492 e. The van der Waals surface area contributed by atoms with Gasteiger partial charge >= 0.3 is 0 Å². The Hall–Kier alpha value is -1.67. The summed E-state index contributed by atoms with van der Waals surface area (Å²) in [6, 6.07) is 14.1. The minimum absolute atomic E-state index is 0.622. The molecule has 0 radical (unpaired) electrons. The highest BCUT2D eigenvalue weighted by Gasteiger charge is 1.99. The van der Waals surface area contributed by atoms with E-state index in [-0.39, 0.29) is 0 Å². The molecular formula is C17H20ClNO. The topological polar surface area (TPSA) is 21.3 Å². The Morgan fingerprint density at radius 3 is 2.55 bits per heavy atom. The molecule has 2 nitrogen and oxygen atoms in total.